The normalized spacial score (nSPS) is 11.6. The van der Waals surface area contributed by atoms with Gasteiger partial charge < -0.3 is 15.2 Å². The van der Waals surface area contributed by atoms with Gasteiger partial charge in [-0.3, -0.25) is 4.79 Å². The summed E-state index contributed by atoms with van der Waals surface area (Å²) in [4.78, 5) is 21.9. The SMILES string of the molecule is C[C@H](OC(=O)COc1cccc(Cl)c1)C(N)=O. The highest BCUT2D eigenvalue weighted by Crippen LogP contribution is 2.16. The van der Waals surface area contributed by atoms with E-state index in [-0.39, 0.29) is 6.61 Å². The van der Waals surface area contributed by atoms with Crippen LogP contribution >= 0.6 is 11.6 Å². The lowest BCUT2D eigenvalue weighted by Crippen LogP contribution is -2.32. The maximum atomic E-state index is 11.2. The summed E-state index contributed by atoms with van der Waals surface area (Å²) in [6.07, 6.45) is -0.967. The first-order chi connectivity index (χ1) is 7.99. The van der Waals surface area contributed by atoms with Gasteiger partial charge >= 0.3 is 5.97 Å². The quantitative estimate of drug-likeness (QED) is 0.802. The second kappa shape index (κ2) is 6.10. The molecule has 1 aromatic rings. The minimum absolute atomic E-state index is 0.308. The molecule has 0 heterocycles. The Labute approximate surface area is 103 Å². The van der Waals surface area contributed by atoms with E-state index in [0.29, 0.717) is 10.8 Å². The Balaban J connectivity index is 2.41. The number of benzene rings is 1. The monoisotopic (exact) mass is 257 g/mol. The summed E-state index contributed by atoms with van der Waals surface area (Å²) in [6, 6.07) is 6.58. The van der Waals surface area contributed by atoms with Crippen LogP contribution in [0.3, 0.4) is 0 Å². The van der Waals surface area contributed by atoms with Crippen LogP contribution in [0.5, 0.6) is 5.75 Å². The molecule has 0 aliphatic rings. The van der Waals surface area contributed by atoms with Crippen LogP contribution in [0.25, 0.3) is 0 Å². The number of nitrogens with two attached hydrogens (primary N) is 1. The fraction of sp³-hybridized carbons (Fsp3) is 0.273. The molecule has 0 aliphatic heterocycles. The first-order valence-corrected chi connectivity index (χ1v) is 5.24. The maximum Gasteiger partial charge on any atom is 0.344 e. The van der Waals surface area contributed by atoms with Crippen molar-refractivity contribution in [2.45, 2.75) is 13.0 Å². The molecule has 5 nitrogen and oxygen atoms in total. The van der Waals surface area contributed by atoms with Gasteiger partial charge in [-0.05, 0) is 25.1 Å². The van der Waals surface area contributed by atoms with Crippen LogP contribution in [-0.2, 0) is 14.3 Å². The minimum Gasteiger partial charge on any atom is -0.482 e. The molecule has 92 valence electrons. The van der Waals surface area contributed by atoms with E-state index in [0.717, 1.165) is 0 Å². The smallest absolute Gasteiger partial charge is 0.344 e. The zero-order valence-corrected chi connectivity index (χ0v) is 9.94. The predicted octanol–water partition coefficient (Wildman–Crippen LogP) is 1.14. The van der Waals surface area contributed by atoms with E-state index >= 15 is 0 Å². The number of amides is 1. The molecular formula is C11H12ClNO4. The summed E-state index contributed by atoms with van der Waals surface area (Å²) in [5, 5.41) is 0.501. The van der Waals surface area contributed by atoms with Crippen molar-refractivity contribution in [3.63, 3.8) is 0 Å². The fourth-order valence-corrected chi connectivity index (χ4v) is 1.17. The molecule has 17 heavy (non-hydrogen) atoms. The van der Waals surface area contributed by atoms with Crippen molar-refractivity contribution in [1.82, 2.24) is 0 Å². The highest BCUT2D eigenvalue weighted by atomic mass is 35.5. The van der Waals surface area contributed by atoms with E-state index in [1.165, 1.54) is 6.92 Å². The Morgan fingerprint density at radius 3 is 2.76 bits per heavy atom. The summed E-state index contributed by atoms with van der Waals surface area (Å²) in [6.45, 7) is 1.08. The van der Waals surface area contributed by atoms with Gasteiger partial charge in [0.1, 0.15) is 5.75 Å². The van der Waals surface area contributed by atoms with Crippen molar-refractivity contribution in [2.24, 2.45) is 5.73 Å². The summed E-state index contributed by atoms with van der Waals surface area (Å²) in [5.74, 6) is -0.932. The first-order valence-electron chi connectivity index (χ1n) is 4.86. The minimum atomic E-state index is -0.967. The highest BCUT2D eigenvalue weighted by molar-refractivity contribution is 6.30. The number of esters is 1. The predicted molar refractivity (Wildman–Crippen MR) is 61.7 cm³/mol. The number of carbonyl (C=O) groups is 2. The van der Waals surface area contributed by atoms with E-state index in [2.05, 4.69) is 0 Å². The number of hydrogen-bond acceptors (Lipinski definition) is 4. The molecule has 0 aromatic heterocycles. The topological polar surface area (TPSA) is 78.6 Å². The lowest BCUT2D eigenvalue weighted by Gasteiger charge is -2.10. The summed E-state index contributed by atoms with van der Waals surface area (Å²) >= 11 is 5.73. The van der Waals surface area contributed by atoms with E-state index in [4.69, 9.17) is 26.8 Å². The van der Waals surface area contributed by atoms with Crippen molar-refractivity contribution in [2.75, 3.05) is 6.61 Å². The molecule has 1 amide bonds. The average molecular weight is 258 g/mol. The molecule has 6 heteroatoms. The number of carbonyl (C=O) groups excluding carboxylic acids is 2. The van der Waals surface area contributed by atoms with Crippen LogP contribution in [0.1, 0.15) is 6.92 Å². The Kier molecular flexibility index (Phi) is 4.78. The van der Waals surface area contributed by atoms with Gasteiger partial charge in [-0.15, -0.1) is 0 Å². The molecule has 0 spiro atoms. The van der Waals surface area contributed by atoms with E-state index < -0.39 is 18.0 Å². The molecular weight excluding hydrogens is 246 g/mol. The Hall–Kier alpha value is -1.75. The van der Waals surface area contributed by atoms with Crippen LogP contribution < -0.4 is 10.5 Å². The van der Waals surface area contributed by atoms with E-state index in [1.807, 2.05) is 0 Å². The van der Waals surface area contributed by atoms with Crippen LogP contribution in [0, 0.1) is 0 Å². The largest absolute Gasteiger partial charge is 0.482 e. The van der Waals surface area contributed by atoms with Crippen molar-refractivity contribution in [3.8, 4) is 5.75 Å². The number of rotatable bonds is 5. The van der Waals surface area contributed by atoms with Gasteiger partial charge in [-0.1, -0.05) is 17.7 Å². The molecule has 1 atom stereocenters. The van der Waals surface area contributed by atoms with Gasteiger partial charge in [0.25, 0.3) is 5.91 Å². The molecule has 0 fully saturated rings. The van der Waals surface area contributed by atoms with Gasteiger partial charge in [0.15, 0.2) is 12.7 Å². The van der Waals surface area contributed by atoms with Crippen molar-refractivity contribution in [3.05, 3.63) is 29.3 Å². The van der Waals surface area contributed by atoms with E-state index in [9.17, 15) is 9.59 Å². The van der Waals surface area contributed by atoms with Gasteiger partial charge in [0, 0.05) is 5.02 Å². The Bertz CT molecular complexity index is 422. The van der Waals surface area contributed by atoms with Gasteiger partial charge in [0.05, 0.1) is 0 Å². The van der Waals surface area contributed by atoms with Crippen molar-refractivity contribution in [1.29, 1.82) is 0 Å². The molecule has 0 radical (unpaired) electrons. The first kappa shape index (κ1) is 13.3. The third kappa shape index (κ3) is 4.74. The fourth-order valence-electron chi connectivity index (χ4n) is 0.988. The molecule has 1 aromatic carbocycles. The maximum absolute atomic E-state index is 11.2. The number of ether oxygens (including phenoxy) is 2. The van der Waals surface area contributed by atoms with Crippen LogP contribution in [0.2, 0.25) is 5.02 Å². The van der Waals surface area contributed by atoms with Crippen LogP contribution in [0.15, 0.2) is 24.3 Å². The van der Waals surface area contributed by atoms with Gasteiger partial charge in [-0.25, -0.2) is 4.79 Å². The third-order valence-corrected chi connectivity index (χ3v) is 2.10. The zero-order chi connectivity index (χ0) is 12.8. The second-order valence-corrected chi connectivity index (χ2v) is 3.72. The number of halogens is 1. The van der Waals surface area contributed by atoms with Crippen LogP contribution in [-0.4, -0.2) is 24.6 Å². The molecule has 0 aliphatic carbocycles. The lowest BCUT2D eigenvalue weighted by molar-refractivity contribution is -0.155. The van der Waals surface area contributed by atoms with Gasteiger partial charge in [-0.2, -0.15) is 0 Å². The Morgan fingerprint density at radius 2 is 2.18 bits per heavy atom. The van der Waals surface area contributed by atoms with E-state index in [1.54, 1.807) is 24.3 Å². The Morgan fingerprint density at radius 1 is 1.47 bits per heavy atom. The summed E-state index contributed by atoms with van der Waals surface area (Å²) in [7, 11) is 0. The van der Waals surface area contributed by atoms with Crippen molar-refractivity contribution >= 4 is 23.5 Å². The standard InChI is InChI=1S/C11H12ClNO4/c1-7(11(13)15)17-10(14)6-16-9-4-2-3-8(12)5-9/h2-5,7H,6H2,1H3,(H2,13,15)/t7-/m0/s1. The van der Waals surface area contributed by atoms with Gasteiger partial charge in [0.2, 0.25) is 0 Å². The third-order valence-electron chi connectivity index (χ3n) is 1.86. The number of primary amides is 1. The molecule has 0 bridgehead atoms. The number of hydrogen-bond donors (Lipinski definition) is 1. The summed E-state index contributed by atoms with van der Waals surface area (Å²) in [5.41, 5.74) is 4.94. The highest BCUT2D eigenvalue weighted by Gasteiger charge is 2.14. The second-order valence-electron chi connectivity index (χ2n) is 3.28. The summed E-state index contributed by atoms with van der Waals surface area (Å²) < 4.78 is 9.81. The average Bonchev–Trinajstić information content (AvgIpc) is 2.26. The molecule has 2 N–H and O–H groups in total. The molecule has 0 unspecified atom stereocenters. The molecule has 0 saturated carbocycles. The lowest BCUT2D eigenvalue weighted by atomic mass is 10.3. The van der Waals surface area contributed by atoms with Crippen LogP contribution in [0.4, 0.5) is 0 Å². The van der Waals surface area contributed by atoms with Crippen molar-refractivity contribution < 1.29 is 19.1 Å². The molecule has 1 rings (SSSR count). The molecule has 0 saturated heterocycles. The zero-order valence-electron chi connectivity index (χ0n) is 9.18.